The van der Waals surface area contributed by atoms with Crippen molar-refractivity contribution in [3.63, 3.8) is 0 Å². The standard InChI is InChI=1S/C80H91BN2O/c1-72(2,3)50-38-66-69-67(39-50)83(64-45-58-55(74(6,7)29-32-77(58,12)13)41-52(64)49-26-22-19-23-27-49)70-53-42-60-61(80(17)36-34-79(60,16)35-37-80)47-68(53)84-71(70)81(69)62-43-56-59(78(14,15)33-30-75(56,8)9)46-65(62)82(66)63-44-57-54(73(4,5)28-31-76(57,10)11)40-51(63)48-24-20-18-21-25-48/h18-27,38-47H,28-37H2,1-17H3. The summed E-state index contributed by atoms with van der Waals surface area (Å²) < 4.78 is 8.07. The molecule has 3 nitrogen and oxygen atoms in total. The molecule has 0 saturated heterocycles. The van der Waals surface area contributed by atoms with Crippen LogP contribution in [0.2, 0.25) is 0 Å². The molecule has 16 rings (SSSR count). The molecule has 84 heavy (non-hydrogen) atoms. The molecule has 2 aliphatic heterocycles. The van der Waals surface area contributed by atoms with Gasteiger partial charge in [-0.3, -0.25) is 0 Å². The average Bonchev–Trinajstić information content (AvgIpc) is 1.22. The topological polar surface area (TPSA) is 19.6 Å². The van der Waals surface area contributed by atoms with E-state index >= 15 is 0 Å². The first-order valence-electron chi connectivity index (χ1n) is 32.5. The van der Waals surface area contributed by atoms with Gasteiger partial charge in [0.25, 0.3) is 6.71 Å². The number of hydrogen-bond donors (Lipinski definition) is 0. The van der Waals surface area contributed by atoms with E-state index in [9.17, 15) is 0 Å². The Balaban J connectivity index is 1.14. The summed E-state index contributed by atoms with van der Waals surface area (Å²) in [5.74, 6) is 0. The molecular weight excluding hydrogens is 1020 g/mol. The molecule has 0 N–H and O–H groups in total. The summed E-state index contributed by atoms with van der Waals surface area (Å²) >= 11 is 0. The van der Waals surface area contributed by atoms with Crippen LogP contribution in [0.25, 0.3) is 33.2 Å². The van der Waals surface area contributed by atoms with Gasteiger partial charge >= 0.3 is 0 Å². The third kappa shape index (κ3) is 7.68. The first-order valence-corrected chi connectivity index (χ1v) is 32.5. The minimum atomic E-state index is -0.199. The van der Waals surface area contributed by atoms with Crippen LogP contribution in [0, 0.1) is 0 Å². The summed E-state index contributed by atoms with van der Waals surface area (Å²) in [5.41, 5.74) is 30.7. The van der Waals surface area contributed by atoms with E-state index in [1.165, 1.54) is 143 Å². The van der Waals surface area contributed by atoms with Crippen molar-refractivity contribution in [3.05, 3.63) is 171 Å². The molecular formula is C80H91BN2O. The van der Waals surface area contributed by atoms with Crippen LogP contribution in [0.4, 0.5) is 34.1 Å². The highest BCUT2D eigenvalue weighted by molar-refractivity contribution is 7.00. The summed E-state index contributed by atoms with van der Waals surface area (Å²) in [6, 6.07) is 49.3. The number of fused-ring (bicyclic) bond motifs is 11. The molecule has 1 saturated carbocycles. The first kappa shape index (κ1) is 54.4. The lowest BCUT2D eigenvalue weighted by atomic mass is 9.35. The van der Waals surface area contributed by atoms with Gasteiger partial charge in [0.2, 0.25) is 0 Å². The van der Waals surface area contributed by atoms with Crippen LogP contribution < -0.4 is 26.4 Å². The second kappa shape index (κ2) is 17.3. The van der Waals surface area contributed by atoms with Gasteiger partial charge in [-0.15, -0.1) is 0 Å². The van der Waals surface area contributed by atoms with Crippen molar-refractivity contribution in [1.29, 1.82) is 0 Å². The lowest BCUT2D eigenvalue weighted by Crippen LogP contribution is -2.61. The molecule has 2 bridgehead atoms. The number of furan rings is 1. The van der Waals surface area contributed by atoms with E-state index in [0.29, 0.717) is 0 Å². The van der Waals surface area contributed by atoms with Gasteiger partial charge in [0.05, 0.1) is 22.7 Å². The van der Waals surface area contributed by atoms with E-state index in [1.807, 2.05) is 0 Å². The van der Waals surface area contributed by atoms with Gasteiger partial charge in [0.15, 0.2) is 0 Å². The maximum Gasteiger partial charge on any atom is 0.297 e. The zero-order valence-corrected chi connectivity index (χ0v) is 54.0. The highest BCUT2D eigenvalue weighted by atomic mass is 16.3. The minimum absolute atomic E-state index is 0.0140. The quantitative estimate of drug-likeness (QED) is 0.164. The summed E-state index contributed by atoms with van der Waals surface area (Å²) in [5, 5.41) is 1.25. The molecule has 8 aromatic rings. The predicted octanol–water partition coefficient (Wildman–Crippen LogP) is 20.3. The van der Waals surface area contributed by atoms with Gasteiger partial charge < -0.3 is 14.2 Å². The molecule has 0 radical (unpaired) electrons. The van der Waals surface area contributed by atoms with E-state index in [4.69, 9.17) is 4.42 Å². The Morgan fingerprint density at radius 3 is 1.20 bits per heavy atom. The van der Waals surface area contributed by atoms with E-state index in [-0.39, 0.29) is 55.4 Å². The smallest absolute Gasteiger partial charge is 0.297 e. The number of hydrogen-bond acceptors (Lipinski definition) is 3. The van der Waals surface area contributed by atoms with Crippen molar-refractivity contribution in [1.82, 2.24) is 0 Å². The van der Waals surface area contributed by atoms with Gasteiger partial charge in [-0.2, -0.15) is 0 Å². The SMILES string of the molecule is CC(C)(C)c1cc2c3c(c1)N(c1cc4c(cc1-c1ccccc1)C(C)(C)CCC4(C)C)c1c(oc4cc5c(cc14)C1(C)CCC5(C)CC1)B3c1cc3c(cc1N2c1cc2c(cc1-c1ccccc1)C(C)(C)CCC2(C)C)C(C)(C)CCC3(C)C. The van der Waals surface area contributed by atoms with Crippen molar-refractivity contribution in [2.24, 2.45) is 0 Å². The molecule has 7 aromatic carbocycles. The van der Waals surface area contributed by atoms with Crippen LogP contribution in [0.5, 0.6) is 0 Å². The highest BCUT2D eigenvalue weighted by Gasteiger charge is 2.53. The highest BCUT2D eigenvalue weighted by Crippen LogP contribution is 2.61. The fraction of sp³-hybridized carbons (Fsp3) is 0.450. The maximum atomic E-state index is 8.07. The Labute approximate surface area is 504 Å². The molecule has 430 valence electrons. The van der Waals surface area contributed by atoms with Gasteiger partial charge in [0.1, 0.15) is 5.58 Å². The van der Waals surface area contributed by atoms with Crippen molar-refractivity contribution < 1.29 is 4.42 Å². The summed E-state index contributed by atoms with van der Waals surface area (Å²) in [7, 11) is 0. The fourth-order valence-corrected chi connectivity index (χ4v) is 17.7. The molecule has 3 heterocycles. The van der Waals surface area contributed by atoms with Crippen LogP contribution in [-0.4, -0.2) is 6.71 Å². The Morgan fingerprint density at radius 2 is 0.762 bits per heavy atom. The predicted molar refractivity (Wildman–Crippen MR) is 359 cm³/mol. The molecule has 0 atom stereocenters. The number of nitrogens with zero attached hydrogens (tertiary/aromatic N) is 2. The van der Waals surface area contributed by atoms with Crippen LogP contribution >= 0.6 is 0 Å². The van der Waals surface area contributed by atoms with Crippen LogP contribution in [0.3, 0.4) is 0 Å². The Morgan fingerprint density at radius 1 is 0.381 bits per heavy atom. The second-order valence-corrected chi connectivity index (χ2v) is 33.4. The van der Waals surface area contributed by atoms with Gasteiger partial charge in [-0.05, 0) is 240 Å². The molecule has 1 fully saturated rings. The normalized spacial score (nSPS) is 23.9. The first-order chi connectivity index (χ1) is 39.4. The summed E-state index contributed by atoms with van der Waals surface area (Å²) in [4.78, 5) is 5.59. The fourth-order valence-electron chi connectivity index (χ4n) is 17.7. The Kier molecular flexibility index (Phi) is 11.2. The molecule has 4 heteroatoms. The van der Waals surface area contributed by atoms with Gasteiger partial charge in [-0.25, -0.2) is 0 Å². The van der Waals surface area contributed by atoms with Crippen molar-refractivity contribution in [3.8, 4) is 22.3 Å². The summed E-state index contributed by atoms with van der Waals surface area (Å²) in [6.45, 7) is 42.3. The molecule has 6 aliphatic carbocycles. The Bertz CT molecular complexity index is 4110. The number of anilines is 6. The van der Waals surface area contributed by atoms with Gasteiger partial charge in [-0.1, -0.05) is 184 Å². The van der Waals surface area contributed by atoms with E-state index in [0.717, 1.165) is 49.8 Å². The third-order valence-electron chi connectivity index (χ3n) is 24.0. The molecule has 1 aromatic heterocycles. The van der Waals surface area contributed by atoms with E-state index < -0.39 is 0 Å². The number of rotatable bonds is 4. The van der Waals surface area contributed by atoms with Gasteiger partial charge in [0, 0.05) is 33.6 Å². The number of benzene rings is 7. The largest absolute Gasteiger partial charge is 0.468 e. The van der Waals surface area contributed by atoms with Crippen LogP contribution in [-0.2, 0) is 48.7 Å². The lowest BCUT2D eigenvalue weighted by Gasteiger charge is -2.52. The lowest BCUT2D eigenvalue weighted by molar-refractivity contribution is 0.188. The summed E-state index contributed by atoms with van der Waals surface area (Å²) in [6.07, 6.45) is 11.8. The molecule has 0 unspecified atom stereocenters. The van der Waals surface area contributed by atoms with Crippen molar-refractivity contribution in [2.45, 2.75) is 231 Å². The minimum Gasteiger partial charge on any atom is -0.468 e. The zero-order chi connectivity index (χ0) is 59.0. The average molecular weight is 1110 g/mol. The van der Waals surface area contributed by atoms with E-state index in [1.54, 1.807) is 5.56 Å². The van der Waals surface area contributed by atoms with Crippen molar-refractivity contribution in [2.75, 3.05) is 9.80 Å². The molecule has 0 spiro atoms. The van der Waals surface area contributed by atoms with Crippen LogP contribution in [0.1, 0.15) is 232 Å². The monoisotopic (exact) mass is 1110 g/mol. The second-order valence-electron chi connectivity index (χ2n) is 33.4. The van der Waals surface area contributed by atoms with E-state index in [2.05, 4.69) is 249 Å². The van der Waals surface area contributed by atoms with Crippen LogP contribution in [0.15, 0.2) is 126 Å². The maximum absolute atomic E-state index is 8.07. The molecule has 0 amide bonds. The molecule has 8 aliphatic rings. The Hall–Kier alpha value is -6.26. The zero-order valence-electron chi connectivity index (χ0n) is 54.0. The van der Waals surface area contributed by atoms with Crippen molar-refractivity contribution >= 4 is 68.4 Å². The third-order valence-corrected chi connectivity index (χ3v) is 24.0.